The van der Waals surface area contributed by atoms with Crippen molar-refractivity contribution in [3.05, 3.63) is 42.1 Å². The van der Waals surface area contributed by atoms with Crippen LogP contribution >= 0.6 is 0 Å². The second-order valence-electron chi connectivity index (χ2n) is 5.90. The molecule has 0 radical (unpaired) electrons. The molecule has 2 aromatic rings. The Balaban J connectivity index is 2.13. The fraction of sp³-hybridized carbons (Fsp3) is 0.438. The summed E-state index contributed by atoms with van der Waals surface area (Å²) >= 11 is 0. The van der Waals surface area contributed by atoms with Crippen molar-refractivity contribution in [2.24, 2.45) is 5.41 Å². The largest absolute Gasteiger partial charge is 0.256 e. The maximum Gasteiger partial charge on any atom is 0.0704 e. The van der Waals surface area contributed by atoms with E-state index in [9.17, 15) is 0 Å². The molecule has 1 aromatic heterocycles. The van der Waals surface area contributed by atoms with Crippen molar-refractivity contribution in [1.29, 1.82) is 0 Å². The number of fused-ring (bicyclic) bond motifs is 1. The van der Waals surface area contributed by atoms with Gasteiger partial charge in [0.1, 0.15) is 0 Å². The molecule has 90 valence electrons. The number of pyridine rings is 1. The first-order valence-electron chi connectivity index (χ1n) is 6.39. The zero-order valence-electron chi connectivity index (χ0n) is 11.0. The molecule has 17 heavy (non-hydrogen) atoms. The van der Waals surface area contributed by atoms with Crippen LogP contribution in [-0.4, -0.2) is 4.98 Å². The first-order valence-corrected chi connectivity index (χ1v) is 6.39. The zero-order chi connectivity index (χ0) is 12.3. The van der Waals surface area contributed by atoms with Gasteiger partial charge in [-0.05, 0) is 42.4 Å². The van der Waals surface area contributed by atoms with Crippen LogP contribution in [-0.2, 0) is 6.42 Å². The first kappa shape index (κ1) is 12.1. The summed E-state index contributed by atoms with van der Waals surface area (Å²) in [6.45, 7) is 6.91. The van der Waals surface area contributed by atoms with Crippen LogP contribution < -0.4 is 0 Å². The molecule has 0 fully saturated rings. The van der Waals surface area contributed by atoms with Crippen LogP contribution in [0.5, 0.6) is 0 Å². The second kappa shape index (κ2) is 4.87. The van der Waals surface area contributed by atoms with Gasteiger partial charge >= 0.3 is 0 Å². The molecule has 0 saturated carbocycles. The maximum atomic E-state index is 4.40. The molecule has 0 spiro atoms. The Hall–Kier alpha value is -1.37. The third-order valence-electron chi connectivity index (χ3n) is 3.11. The molecule has 0 aliphatic rings. The minimum absolute atomic E-state index is 0.433. The van der Waals surface area contributed by atoms with Gasteiger partial charge in [-0.25, -0.2) is 0 Å². The monoisotopic (exact) mass is 227 g/mol. The maximum absolute atomic E-state index is 4.40. The third-order valence-corrected chi connectivity index (χ3v) is 3.11. The molecule has 1 heteroatoms. The average molecular weight is 227 g/mol. The fourth-order valence-corrected chi connectivity index (χ4v) is 2.18. The van der Waals surface area contributed by atoms with Crippen LogP contribution in [0, 0.1) is 5.41 Å². The number of aryl methyl sites for hydroxylation is 1. The number of rotatable bonds is 3. The van der Waals surface area contributed by atoms with E-state index in [1.54, 1.807) is 0 Å². The van der Waals surface area contributed by atoms with E-state index in [1.807, 2.05) is 12.3 Å². The minimum atomic E-state index is 0.433. The molecule has 0 bridgehead atoms. The Kier molecular flexibility index (Phi) is 3.46. The van der Waals surface area contributed by atoms with Gasteiger partial charge in [-0.1, -0.05) is 39.0 Å². The van der Waals surface area contributed by atoms with Crippen molar-refractivity contribution in [3.63, 3.8) is 0 Å². The topological polar surface area (TPSA) is 12.9 Å². The number of hydrogen-bond acceptors (Lipinski definition) is 1. The lowest BCUT2D eigenvalue weighted by atomic mass is 9.88. The lowest BCUT2D eigenvalue weighted by Gasteiger charge is -2.17. The van der Waals surface area contributed by atoms with Gasteiger partial charge in [-0.3, -0.25) is 4.98 Å². The van der Waals surface area contributed by atoms with Gasteiger partial charge in [-0.15, -0.1) is 0 Å². The molecular weight excluding hydrogens is 206 g/mol. The van der Waals surface area contributed by atoms with E-state index in [-0.39, 0.29) is 0 Å². The summed E-state index contributed by atoms with van der Waals surface area (Å²) in [4.78, 5) is 4.40. The van der Waals surface area contributed by atoms with Gasteiger partial charge in [0, 0.05) is 11.6 Å². The average Bonchev–Trinajstić information content (AvgIpc) is 2.28. The summed E-state index contributed by atoms with van der Waals surface area (Å²) in [5, 5.41) is 1.31. The second-order valence-corrected chi connectivity index (χ2v) is 5.90. The van der Waals surface area contributed by atoms with Gasteiger partial charge in [-0.2, -0.15) is 0 Å². The Bertz CT molecular complexity index is 489. The summed E-state index contributed by atoms with van der Waals surface area (Å²) in [7, 11) is 0. The summed E-state index contributed by atoms with van der Waals surface area (Å²) in [6.07, 6.45) is 5.59. The number of nitrogens with zero attached hydrogens (tertiary/aromatic N) is 1. The molecule has 0 amide bonds. The lowest BCUT2D eigenvalue weighted by Crippen LogP contribution is -2.05. The normalized spacial score (nSPS) is 11.9. The molecule has 2 rings (SSSR count). The molecule has 1 aromatic carbocycles. The first-order chi connectivity index (χ1) is 8.06. The van der Waals surface area contributed by atoms with E-state index in [4.69, 9.17) is 0 Å². The van der Waals surface area contributed by atoms with Gasteiger partial charge < -0.3 is 0 Å². The highest BCUT2D eigenvalue weighted by molar-refractivity contribution is 5.81. The molecule has 0 atom stereocenters. The van der Waals surface area contributed by atoms with Crippen LogP contribution in [0.25, 0.3) is 10.9 Å². The van der Waals surface area contributed by atoms with Crippen molar-refractivity contribution >= 4 is 10.9 Å². The smallest absolute Gasteiger partial charge is 0.0704 e. The number of aromatic nitrogens is 1. The summed E-state index contributed by atoms with van der Waals surface area (Å²) < 4.78 is 0. The summed E-state index contributed by atoms with van der Waals surface area (Å²) in [6, 6.07) is 10.6. The molecule has 0 saturated heterocycles. The molecule has 0 aliphatic heterocycles. The van der Waals surface area contributed by atoms with Gasteiger partial charge in [0.25, 0.3) is 0 Å². The molecule has 1 nitrogen and oxygen atoms in total. The fourth-order valence-electron chi connectivity index (χ4n) is 2.18. The van der Waals surface area contributed by atoms with E-state index in [0.717, 1.165) is 11.9 Å². The SMILES string of the molecule is CC(C)(C)CCCc1ccnc2ccccc12. The van der Waals surface area contributed by atoms with Crippen LogP contribution in [0.1, 0.15) is 39.2 Å². The van der Waals surface area contributed by atoms with Crippen LogP contribution in [0.3, 0.4) is 0 Å². The number of para-hydroxylation sites is 1. The van der Waals surface area contributed by atoms with Crippen LogP contribution in [0.4, 0.5) is 0 Å². The van der Waals surface area contributed by atoms with E-state index >= 15 is 0 Å². The number of hydrogen-bond donors (Lipinski definition) is 0. The highest BCUT2D eigenvalue weighted by Gasteiger charge is 2.10. The quantitative estimate of drug-likeness (QED) is 0.746. The van der Waals surface area contributed by atoms with E-state index in [1.165, 1.54) is 23.8 Å². The predicted molar refractivity (Wildman–Crippen MR) is 74.1 cm³/mol. The van der Waals surface area contributed by atoms with Crippen molar-refractivity contribution in [3.8, 4) is 0 Å². The minimum Gasteiger partial charge on any atom is -0.256 e. The van der Waals surface area contributed by atoms with Gasteiger partial charge in [0.05, 0.1) is 5.52 Å². The summed E-state index contributed by atoms with van der Waals surface area (Å²) in [5.74, 6) is 0. The Morgan fingerprint density at radius 2 is 1.82 bits per heavy atom. The number of benzene rings is 1. The predicted octanol–water partition coefficient (Wildman–Crippen LogP) is 4.60. The molecule has 0 aliphatic carbocycles. The van der Waals surface area contributed by atoms with Crippen LogP contribution in [0.15, 0.2) is 36.5 Å². The molecule has 0 unspecified atom stereocenters. The third kappa shape index (κ3) is 3.29. The van der Waals surface area contributed by atoms with E-state index in [0.29, 0.717) is 5.41 Å². The van der Waals surface area contributed by atoms with E-state index in [2.05, 4.69) is 50.0 Å². The highest BCUT2D eigenvalue weighted by atomic mass is 14.6. The van der Waals surface area contributed by atoms with Crippen molar-refractivity contribution < 1.29 is 0 Å². The Labute approximate surface area is 104 Å². The summed E-state index contributed by atoms with van der Waals surface area (Å²) in [5.41, 5.74) is 2.98. The van der Waals surface area contributed by atoms with Crippen LogP contribution in [0.2, 0.25) is 0 Å². The Morgan fingerprint density at radius 3 is 2.59 bits per heavy atom. The highest BCUT2D eigenvalue weighted by Crippen LogP contribution is 2.24. The van der Waals surface area contributed by atoms with Crippen molar-refractivity contribution in [1.82, 2.24) is 4.98 Å². The van der Waals surface area contributed by atoms with E-state index < -0.39 is 0 Å². The molecule has 0 N–H and O–H groups in total. The lowest BCUT2D eigenvalue weighted by molar-refractivity contribution is 0.366. The standard InChI is InChI=1S/C16H21N/c1-16(2,3)11-6-7-13-10-12-17-15-9-5-4-8-14(13)15/h4-5,8-10,12H,6-7,11H2,1-3H3. The van der Waals surface area contributed by atoms with Gasteiger partial charge in [0.15, 0.2) is 0 Å². The van der Waals surface area contributed by atoms with Crippen molar-refractivity contribution in [2.75, 3.05) is 0 Å². The molecular formula is C16H21N. The molecule has 1 heterocycles. The Morgan fingerprint density at radius 1 is 1.06 bits per heavy atom. The van der Waals surface area contributed by atoms with Gasteiger partial charge in [0.2, 0.25) is 0 Å². The zero-order valence-corrected chi connectivity index (χ0v) is 11.0. The van der Waals surface area contributed by atoms with Crippen molar-refractivity contribution in [2.45, 2.75) is 40.0 Å².